The van der Waals surface area contributed by atoms with Gasteiger partial charge in [-0.1, -0.05) is 11.6 Å². The highest BCUT2D eigenvalue weighted by Crippen LogP contribution is 2.30. The molecule has 2 nitrogen and oxygen atoms in total. The monoisotopic (exact) mass is 267 g/mol. The second kappa shape index (κ2) is 6.44. The first-order valence-corrected chi connectivity index (χ1v) is 7.21. The van der Waals surface area contributed by atoms with Crippen LogP contribution in [-0.2, 0) is 6.42 Å². The van der Waals surface area contributed by atoms with Crippen LogP contribution in [-0.4, -0.2) is 19.7 Å². The van der Waals surface area contributed by atoms with Gasteiger partial charge in [-0.25, -0.2) is 0 Å². The molecule has 0 aromatic heterocycles. The predicted octanol–water partition coefficient (Wildman–Crippen LogP) is 3.59. The number of hydrogen-bond acceptors (Lipinski definition) is 2. The zero-order valence-electron chi connectivity index (χ0n) is 11.3. The molecule has 0 bridgehead atoms. The van der Waals surface area contributed by atoms with E-state index in [-0.39, 0.29) is 0 Å². The van der Waals surface area contributed by atoms with E-state index in [0.29, 0.717) is 6.61 Å². The molecule has 0 aliphatic carbocycles. The predicted molar refractivity (Wildman–Crippen MR) is 76.7 cm³/mol. The molecule has 0 saturated carbocycles. The third-order valence-electron chi connectivity index (χ3n) is 3.66. The summed E-state index contributed by atoms with van der Waals surface area (Å²) in [7, 11) is 0. The molecule has 0 spiro atoms. The van der Waals surface area contributed by atoms with Crippen molar-refractivity contribution < 1.29 is 4.74 Å². The zero-order valence-corrected chi connectivity index (χ0v) is 12.0. The molecular weight excluding hydrogens is 246 g/mol. The van der Waals surface area contributed by atoms with E-state index in [2.05, 4.69) is 24.4 Å². The SMILES string of the molecule is CCOc1cc(C)c(CC2CCNCC2)cc1Cl. The Hall–Kier alpha value is -0.730. The van der Waals surface area contributed by atoms with Crippen LogP contribution in [0.4, 0.5) is 0 Å². The second-order valence-corrected chi connectivity index (χ2v) is 5.45. The van der Waals surface area contributed by atoms with Gasteiger partial charge in [0.1, 0.15) is 5.75 Å². The maximum Gasteiger partial charge on any atom is 0.138 e. The van der Waals surface area contributed by atoms with E-state index >= 15 is 0 Å². The van der Waals surface area contributed by atoms with Crippen LogP contribution >= 0.6 is 11.6 Å². The Morgan fingerprint density at radius 2 is 2.06 bits per heavy atom. The maximum atomic E-state index is 6.26. The van der Waals surface area contributed by atoms with Gasteiger partial charge in [-0.15, -0.1) is 0 Å². The average molecular weight is 268 g/mol. The summed E-state index contributed by atoms with van der Waals surface area (Å²) in [5.41, 5.74) is 2.66. The molecule has 100 valence electrons. The number of hydrogen-bond donors (Lipinski definition) is 1. The molecule has 1 aromatic carbocycles. The quantitative estimate of drug-likeness (QED) is 0.900. The molecule has 0 atom stereocenters. The summed E-state index contributed by atoms with van der Waals surface area (Å²) in [5.74, 6) is 1.60. The smallest absolute Gasteiger partial charge is 0.138 e. The van der Waals surface area contributed by atoms with Crippen molar-refractivity contribution >= 4 is 11.6 Å². The van der Waals surface area contributed by atoms with Crippen molar-refractivity contribution in [2.24, 2.45) is 5.92 Å². The lowest BCUT2D eigenvalue weighted by Gasteiger charge is -2.23. The standard InChI is InChI=1S/C15H22ClNO/c1-3-18-15-8-11(2)13(10-14(15)16)9-12-4-6-17-7-5-12/h8,10,12,17H,3-7,9H2,1-2H3. The van der Waals surface area contributed by atoms with E-state index in [1.165, 1.54) is 24.0 Å². The van der Waals surface area contributed by atoms with E-state index in [4.69, 9.17) is 16.3 Å². The Labute approximate surface area is 115 Å². The molecule has 1 aliphatic heterocycles. The normalized spacial score (nSPS) is 16.8. The fourth-order valence-electron chi connectivity index (χ4n) is 2.58. The van der Waals surface area contributed by atoms with Crippen molar-refractivity contribution in [3.05, 3.63) is 28.3 Å². The van der Waals surface area contributed by atoms with Crippen molar-refractivity contribution in [3.8, 4) is 5.75 Å². The average Bonchev–Trinajstić information content (AvgIpc) is 2.37. The Bertz CT molecular complexity index is 400. The number of rotatable bonds is 4. The highest BCUT2D eigenvalue weighted by molar-refractivity contribution is 6.32. The van der Waals surface area contributed by atoms with Gasteiger partial charge in [0.2, 0.25) is 0 Å². The maximum absolute atomic E-state index is 6.26. The topological polar surface area (TPSA) is 21.3 Å². The third kappa shape index (κ3) is 3.39. The van der Waals surface area contributed by atoms with Gasteiger partial charge in [-0.2, -0.15) is 0 Å². The summed E-state index contributed by atoms with van der Waals surface area (Å²) >= 11 is 6.26. The van der Waals surface area contributed by atoms with Gasteiger partial charge in [0.05, 0.1) is 11.6 Å². The molecule has 2 rings (SSSR count). The van der Waals surface area contributed by atoms with E-state index in [0.717, 1.165) is 36.2 Å². The van der Waals surface area contributed by atoms with E-state index < -0.39 is 0 Å². The van der Waals surface area contributed by atoms with Crippen LogP contribution in [0.1, 0.15) is 30.9 Å². The van der Waals surface area contributed by atoms with Crippen LogP contribution < -0.4 is 10.1 Å². The minimum atomic E-state index is 0.660. The number of ether oxygens (including phenoxy) is 1. The molecule has 1 N–H and O–H groups in total. The van der Waals surface area contributed by atoms with Crippen LogP contribution in [0.25, 0.3) is 0 Å². The Morgan fingerprint density at radius 3 is 2.72 bits per heavy atom. The Kier molecular flexibility index (Phi) is 4.90. The molecule has 0 unspecified atom stereocenters. The van der Waals surface area contributed by atoms with Crippen molar-refractivity contribution in [3.63, 3.8) is 0 Å². The van der Waals surface area contributed by atoms with Crippen LogP contribution in [0.2, 0.25) is 5.02 Å². The summed E-state index contributed by atoms with van der Waals surface area (Å²) in [6.45, 7) is 7.08. The molecule has 1 aromatic rings. The Balaban J connectivity index is 2.10. The molecule has 3 heteroatoms. The van der Waals surface area contributed by atoms with Gasteiger partial charge < -0.3 is 10.1 Å². The van der Waals surface area contributed by atoms with Gasteiger partial charge in [-0.05, 0) is 75.4 Å². The summed E-state index contributed by atoms with van der Waals surface area (Å²) in [5, 5.41) is 4.15. The van der Waals surface area contributed by atoms with Crippen LogP contribution in [0.3, 0.4) is 0 Å². The zero-order chi connectivity index (χ0) is 13.0. The third-order valence-corrected chi connectivity index (χ3v) is 3.95. The lowest BCUT2D eigenvalue weighted by atomic mass is 9.89. The first-order chi connectivity index (χ1) is 8.70. The first kappa shape index (κ1) is 13.7. The number of aryl methyl sites for hydroxylation is 1. The molecule has 18 heavy (non-hydrogen) atoms. The van der Waals surface area contributed by atoms with Crippen molar-refractivity contribution in [2.75, 3.05) is 19.7 Å². The van der Waals surface area contributed by atoms with Crippen LogP contribution in [0, 0.1) is 12.8 Å². The lowest BCUT2D eigenvalue weighted by molar-refractivity contribution is 0.339. The minimum absolute atomic E-state index is 0.660. The molecule has 1 fully saturated rings. The van der Waals surface area contributed by atoms with Crippen LogP contribution in [0.5, 0.6) is 5.75 Å². The lowest BCUT2D eigenvalue weighted by Crippen LogP contribution is -2.28. The van der Waals surface area contributed by atoms with Crippen molar-refractivity contribution in [1.29, 1.82) is 0 Å². The highest BCUT2D eigenvalue weighted by Gasteiger charge is 2.15. The number of halogens is 1. The molecule has 1 heterocycles. The fraction of sp³-hybridized carbons (Fsp3) is 0.600. The number of nitrogens with one attached hydrogen (secondary N) is 1. The van der Waals surface area contributed by atoms with Crippen molar-refractivity contribution in [2.45, 2.75) is 33.1 Å². The van der Waals surface area contributed by atoms with Crippen molar-refractivity contribution in [1.82, 2.24) is 5.32 Å². The largest absolute Gasteiger partial charge is 0.492 e. The first-order valence-electron chi connectivity index (χ1n) is 6.83. The van der Waals surface area contributed by atoms with Gasteiger partial charge >= 0.3 is 0 Å². The summed E-state index contributed by atoms with van der Waals surface area (Å²) in [4.78, 5) is 0. The summed E-state index contributed by atoms with van der Waals surface area (Å²) in [6.07, 6.45) is 3.67. The summed E-state index contributed by atoms with van der Waals surface area (Å²) < 4.78 is 5.52. The summed E-state index contributed by atoms with van der Waals surface area (Å²) in [6, 6.07) is 4.16. The van der Waals surface area contributed by atoms with Gasteiger partial charge in [0.25, 0.3) is 0 Å². The second-order valence-electron chi connectivity index (χ2n) is 5.04. The fourth-order valence-corrected chi connectivity index (χ4v) is 2.82. The van der Waals surface area contributed by atoms with E-state index in [1.807, 2.05) is 6.92 Å². The molecule has 0 radical (unpaired) electrons. The van der Waals surface area contributed by atoms with E-state index in [9.17, 15) is 0 Å². The minimum Gasteiger partial charge on any atom is -0.492 e. The van der Waals surface area contributed by atoms with Crippen LogP contribution in [0.15, 0.2) is 12.1 Å². The van der Waals surface area contributed by atoms with E-state index in [1.54, 1.807) is 0 Å². The number of benzene rings is 1. The molecular formula is C15H22ClNO. The van der Waals surface area contributed by atoms with Gasteiger partial charge in [-0.3, -0.25) is 0 Å². The number of piperidine rings is 1. The molecule has 1 aliphatic rings. The van der Waals surface area contributed by atoms with Gasteiger partial charge in [0, 0.05) is 0 Å². The Morgan fingerprint density at radius 1 is 1.33 bits per heavy atom. The highest BCUT2D eigenvalue weighted by atomic mass is 35.5. The van der Waals surface area contributed by atoms with Gasteiger partial charge in [0.15, 0.2) is 0 Å². The molecule has 1 saturated heterocycles. The molecule has 0 amide bonds.